The van der Waals surface area contributed by atoms with Crippen molar-refractivity contribution in [3.8, 4) is 0 Å². The summed E-state index contributed by atoms with van der Waals surface area (Å²) < 4.78 is 13.9. The van der Waals surface area contributed by atoms with Gasteiger partial charge in [-0.05, 0) is 57.5 Å². The second-order valence-electron chi connectivity index (χ2n) is 5.97. The Morgan fingerprint density at radius 2 is 1.95 bits per heavy atom. The van der Waals surface area contributed by atoms with E-state index >= 15 is 0 Å². The maximum Gasteiger partial charge on any atom is 0.129 e. The van der Waals surface area contributed by atoms with Gasteiger partial charge in [-0.15, -0.1) is 0 Å². The van der Waals surface area contributed by atoms with Crippen molar-refractivity contribution in [1.29, 1.82) is 0 Å². The molecule has 110 valence electrons. The molecule has 2 aliphatic rings. The van der Waals surface area contributed by atoms with Crippen LogP contribution >= 0.6 is 11.6 Å². The topological polar surface area (TPSA) is 6.48 Å². The van der Waals surface area contributed by atoms with Gasteiger partial charge in [0.15, 0.2) is 0 Å². The second-order valence-corrected chi connectivity index (χ2v) is 6.38. The van der Waals surface area contributed by atoms with Crippen LogP contribution in [0.25, 0.3) is 0 Å². The third-order valence-electron chi connectivity index (χ3n) is 4.59. The third-order valence-corrected chi connectivity index (χ3v) is 4.94. The van der Waals surface area contributed by atoms with Gasteiger partial charge in [0, 0.05) is 29.7 Å². The molecule has 1 atom stereocenters. The molecule has 0 saturated carbocycles. The van der Waals surface area contributed by atoms with Gasteiger partial charge in [-0.25, -0.2) is 4.39 Å². The van der Waals surface area contributed by atoms with Crippen LogP contribution in [0.4, 0.5) is 4.39 Å². The van der Waals surface area contributed by atoms with Gasteiger partial charge in [0.2, 0.25) is 0 Å². The first-order valence-electron chi connectivity index (χ1n) is 7.63. The molecule has 4 heteroatoms. The molecule has 2 saturated heterocycles. The largest absolute Gasteiger partial charge is 0.302 e. The molecule has 2 fully saturated rings. The molecule has 0 aromatic heterocycles. The highest BCUT2D eigenvalue weighted by Gasteiger charge is 2.28. The summed E-state index contributed by atoms with van der Waals surface area (Å²) in [5, 5.41) is 0.553. The molecule has 3 rings (SSSR count). The fraction of sp³-hybridized carbons (Fsp3) is 0.625. The lowest BCUT2D eigenvalue weighted by Gasteiger charge is -2.28. The van der Waals surface area contributed by atoms with Crippen molar-refractivity contribution < 1.29 is 4.39 Å². The number of rotatable bonds is 4. The highest BCUT2D eigenvalue weighted by molar-refractivity contribution is 6.31. The van der Waals surface area contributed by atoms with Crippen LogP contribution < -0.4 is 0 Å². The first kappa shape index (κ1) is 14.3. The minimum atomic E-state index is -0.177. The van der Waals surface area contributed by atoms with E-state index in [1.54, 1.807) is 12.1 Å². The van der Waals surface area contributed by atoms with E-state index in [-0.39, 0.29) is 5.82 Å². The molecule has 2 aliphatic heterocycles. The van der Waals surface area contributed by atoms with Crippen molar-refractivity contribution in [1.82, 2.24) is 9.80 Å². The normalized spacial score (nSPS) is 24.6. The fourth-order valence-corrected chi connectivity index (χ4v) is 3.68. The summed E-state index contributed by atoms with van der Waals surface area (Å²) in [4.78, 5) is 4.95. The number of nitrogens with zero attached hydrogens (tertiary/aromatic N) is 2. The van der Waals surface area contributed by atoms with Crippen LogP contribution in [0.2, 0.25) is 5.02 Å². The van der Waals surface area contributed by atoms with Crippen LogP contribution in [-0.2, 0) is 6.54 Å². The number of halogens is 2. The first-order chi connectivity index (χ1) is 9.74. The highest BCUT2D eigenvalue weighted by Crippen LogP contribution is 2.26. The van der Waals surface area contributed by atoms with Gasteiger partial charge in [0.05, 0.1) is 0 Å². The van der Waals surface area contributed by atoms with Crippen LogP contribution in [0.3, 0.4) is 0 Å². The Balaban J connectivity index is 1.66. The Labute approximate surface area is 125 Å². The lowest BCUT2D eigenvalue weighted by molar-refractivity contribution is 0.184. The predicted molar refractivity (Wildman–Crippen MR) is 80.5 cm³/mol. The summed E-state index contributed by atoms with van der Waals surface area (Å²) in [7, 11) is 0. The summed E-state index contributed by atoms with van der Waals surface area (Å²) in [5.74, 6) is -0.177. The molecule has 0 spiro atoms. The van der Waals surface area contributed by atoms with Gasteiger partial charge in [-0.1, -0.05) is 17.7 Å². The molecule has 0 bridgehead atoms. The van der Waals surface area contributed by atoms with E-state index in [0.717, 1.165) is 13.1 Å². The molecular weight excluding hydrogens is 275 g/mol. The number of hydrogen-bond donors (Lipinski definition) is 0. The predicted octanol–water partition coefficient (Wildman–Crippen LogP) is 3.54. The SMILES string of the molecule is Fc1cccc(Cl)c1CN1CCCC1CN1CCCC1. The number of likely N-dealkylation sites (tertiary alicyclic amines) is 2. The Morgan fingerprint density at radius 1 is 1.15 bits per heavy atom. The van der Waals surface area contributed by atoms with Crippen molar-refractivity contribution >= 4 is 11.6 Å². The van der Waals surface area contributed by atoms with Gasteiger partial charge in [-0.2, -0.15) is 0 Å². The average Bonchev–Trinajstić information content (AvgIpc) is 3.07. The van der Waals surface area contributed by atoms with E-state index in [0.29, 0.717) is 23.2 Å². The lowest BCUT2D eigenvalue weighted by Crippen LogP contribution is -2.39. The first-order valence-corrected chi connectivity index (χ1v) is 8.01. The third kappa shape index (κ3) is 3.16. The molecular formula is C16H22ClFN2. The van der Waals surface area contributed by atoms with Gasteiger partial charge < -0.3 is 4.90 Å². The Kier molecular flexibility index (Phi) is 4.59. The zero-order valence-corrected chi connectivity index (χ0v) is 12.6. The lowest BCUT2D eigenvalue weighted by atomic mass is 10.1. The number of benzene rings is 1. The van der Waals surface area contributed by atoms with Crippen LogP contribution in [-0.4, -0.2) is 42.0 Å². The molecule has 0 amide bonds. The molecule has 0 aliphatic carbocycles. The minimum absolute atomic E-state index is 0.177. The molecule has 20 heavy (non-hydrogen) atoms. The molecule has 0 N–H and O–H groups in total. The van der Waals surface area contributed by atoms with Gasteiger partial charge in [-0.3, -0.25) is 4.90 Å². The molecule has 2 heterocycles. The quantitative estimate of drug-likeness (QED) is 0.838. The average molecular weight is 297 g/mol. The van der Waals surface area contributed by atoms with Crippen molar-refractivity contribution in [2.75, 3.05) is 26.2 Å². The van der Waals surface area contributed by atoms with Crippen LogP contribution in [0.15, 0.2) is 18.2 Å². The maximum absolute atomic E-state index is 13.9. The molecule has 0 radical (unpaired) electrons. The van der Waals surface area contributed by atoms with E-state index in [1.807, 2.05) is 0 Å². The van der Waals surface area contributed by atoms with E-state index in [2.05, 4.69) is 9.80 Å². The standard InChI is InChI=1S/C16H22ClFN2/c17-15-6-3-7-16(18)14(15)12-20-10-4-5-13(20)11-19-8-1-2-9-19/h3,6-7,13H,1-2,4-5,8-12H2. The zero-order chi connectivity index (χ0) is 13.9. The van der Waals surface area contributed by atoms with E-state index in [9.17, 15) is 4.39 Å². The summed E-state index contributed by atoms with van der Waals surface area (Å²) in [6.45, 7) is 5.29. The van der Waals surface area contributed by atoms with Crippen LogP contribution in [0.5, 0.6) is 0 Å². The van der Waals surface area contributed by atoms with Gasteiger partial charge in [0.25, 0.3) is 0 Å². The van der Waals surface area contributed by atoms with Crippen LogP contribution in [0.1, 0.15) is 31.2 Å². The summed E-state index contributed by atoms with van der Waals surface area (Å²) in [6.07, 6.45) is 5.09. The molecule has 1 aromatic carbocycles. The summed E-state index contributed by atoms with van der Waals surface area (Å²) in [5.41, 5.74) is 0.655. The Hall–Kier alpha value is -0.640. The van der Waals surface area contributed by atoms with Gasteiger partial charge >= 0.3 is 0 Å². The molecule has 1 aromatic rings. The van der Waals surface area contributed by atoms with Gasteiger partial charge in [0.1, 0.15) is 5.82 Å². The van der Waals surface area contributed by atoms with Crippen molar-refractivity contribution in [2.45, 2.75) is 38.3 Å². The maximum atomic E-state index is 13.9. The Morgan fingerprint density at radius 3 is 2.70 bits per heavy atom. The summed E-state index contributed by atoms with van der Waals surface area (Å²) >= 11 is 6.15. The van der Waals surface area contributed by atoms with Crippen molar-refractivity contribution in [3.05, 3.63) is 34.6 Å². The van der Waals surface area contributed by atoms with E-state index in [1.165, 1.54) is 44.8 Å². The number of hydrogen-bond acceptors (Lipinski definition) is 2. The summed E-state index contributed by atoms with van der Waals surface area (Å²) in [6, 6.07) is 5.52. The Bertz CT molecular complexity index is 440. The highest BCUT2D eigenvalue weighted by atomic mass is 35.5. The monoisotopic (exact) mass is 296 g/mol. The fourth-order valence-electron chi connectivity index (χ4n) is 3.46. The minimum Gasteiger partial charge on any atom is -0.302 e. The zero-order valence-electron chi connectivity index (χ0n) is 11.8. The van der Waals surface area contributed by atoms with E-state index < -0.39 is 0 Å². The molecule has 2 nitrogen and oxygen atoms in total. The smallest absolute Gasteiger partial charge is 0.129 e. The van der Waals surface area contributed by atoms with E-state index in [4.69, 9.17) is 11.6 Å². The van der Waals surface area contributed by atoms with Crippen molar-refractivity contribution in [2.24, 2.45) is 0 Å². The van der Waals surface area contributed by atoms with Crippen LogP contribution in [0, 0.1) is 5.82 Å². The molecule has 1 unspecified atom stereocenters. The second kappa shape index (κ2) is 6.42. The van der Waals surface area contributed by atoms with Crippen molar-refractivity contribution in [3.63, 3.8) is 0 Å².